The van der Waals surface area contributed by atoms with Gasteiger partial charge in [0.2, 0.25) is 10.0 Å². The van der Waals surface area contributed by atoms with Gasteiger partial charge in [-0.2, -0.15) is 11.3 Å². The zero-order valence-corrected chi connectivity index (χ0v) is 13.0. The highest BCUT2D eigenvalue weighted by Crippen LogP contribution is 2.22. The number of hydrogen-bond acceptors (Lipinski definition) is 4. The van der Waals surface area contributed by atoms with Gasteiger partial charge in [-0.3, -0.25) is 0 Å². The van der Waals surface area contributed by atoms with E-state index in [1.165, 1.54) is 11.3 Å². The summed E-state index contributed by atoms with van der Waals surface area (Å²) in [6.45, 7) is 3.41. The summed E-state index contributed by atoms with van der Waals surface area (Å²) in [4.78, 5) is 0.198. The summed E-state index contributed by atoms with van der Waals surface area (Å²) >= 11 is 1.46. The zero-order valence-electron chi connectivity index (χ0n) is 11.3. The smallest absolute Gasteiger partial charge is 0.240 e. The van der Waals surface area contributed by atoms with E-state index in [9.17, 15) is 13.5 Å². The van der Waals surface area contributed by atoms with Crippen molar-refractivity contribution in [3.05, 3.63) is 52.2 Å². The normalized spacial score (nSPS) is 14.9. The molecule has 0 spiro atoms. The van der Waals surface area contributed by atoms with Gasteiger partial charge in [0.25, 0.3) is 0 Å². The Labute approximate surface area is 123 Å². The molecule has 1 unspecified atom stereocenters. The summed E-state index contributed by atoms with van der Waals surface area (Å²) in [5, 5.41) is 14.0. The number of rotatable bonds is 5. The lowest BCUT2D eigenvalue weighted by Crippen LogP contribution is -2.38. The summed E-state index contributed by atoms with van der Waals surface area (Å²) in [6.07, 6.45) is 0. The fourth-order valence-corrected chi connectivity index (χ4v) is 3.62. The third kappa shape index (κ3) is 3.46. The lowest BCUT2D eigenvalue weighted by molar-refractivity contribution is 0.0632. The van der Waals surface area contributed by atoms with Gasteiger partial charge in [0, 0.05) is 6.54 Å². The number of benzene rings is 1. The number of aliphatic hydroxyl groups is 1. The first-order valence-electron chi connectivity index (χ1n) is 6.13. The lowest BCUT2D eigenvalue weighted by Gasteiger charge is -2.22. The van der Waals surface area contributed by atoms with Crippen LogP contribution in [0.2, 0.25) is 0 Å². The highest BCUT2D eigenvalue weighted by molar-refractivity contribution is 7.89. The van der Waals surface area contributed by atoms with Gasteiger partial charge >= 0.3 is 0 Å². The molecule has 0 bridgehead atoms. The molecule has 1 aromatic carbocycles. The van der Waals surface area contributed by atoms with Crippen molar-refractivity contribution >= 4 is 21.4 Å². The Kier molecular flexibility index (Phi) is 4.29. The molecule has 108 valence electrons. The molecule has 0 aliphatic rings. The second-order valence-electron chi connectivity index (χ2n) is 4.92. The number of sulfonamides is 1. The predicted molar refractivity (Wildman–Crippen MR) is 80.3 cm³/mol. The molecule has 1 atom stereocenters. The van der Waals surface area contributed by atoms with Crippen molar-refractivity contribution in [2.75, 3.05) is 6.54 Å². The standard InChI is InChI=1S/C14H17NO3S2/c1-11-3-5-13(6-4-11)20(17,18)15-10-14(2,16)12-7-8-19-9-12/h3-9,15-16H,10H2,1-2H3. The maximum atomic E-state index is 12.1. The fraction of sp³-hybridized carbons (Fsp3) is 0.286. The summed E-state index contributed by atoms with van der Waals surface area (Å²) in [7, 11) is -3.61. The van der Waals surface area contributed by atoms with E-state index in [4.69, 9.17) is 0 Å². The van der Waals surface area contributed by atoms with Crippen molar-refractivity contribution in [1.29, 1.82) is 0 Å². The molecule has 1 heterocycles. The molecule has 0 radical (unpaired) electrons. The van der Waals surface area contributed by atoms with Crippen LogP contribution in [0.3, 0.4) is 0 Å². The molecule has 0 aliphatic heterocycles. The molecule has 0 saturated heterocycles. The van der Waals surface area contributed by atoms with Gasteiger partial charge in [-0.05, 0) is 48.4 Å². The van der Waals surface area contributed by atoms with Gasteiger partial charge in [-0.1, -0.05) is 17.7 Å². The van der Waals surface area contributed by atoms with Gasteiger partial charge in [0.15, 0.2) is 0 Å². The largest absolute Gasteiger partial charge is 0.384 e. The van der Waals surface area contributed by atoms with Crippen LogP contribution in [0.25, 0.3) is 0 Å². The Hall–Kier alpha value is -1.21. The van der Waals surface area contributed by atoms with Gasteiger partial charge in [-0.15, -0.1) is 0 Å². The van der Waals surface area contributed by atoms with Gasteiger partial charge in [-0.25, -0.2) is 13.1 Å². The Morgan fingerprint density at radius 2 is 1.90 bits per heavy atom. The van der Waals surface area contributed by atoms with Crippen molar-refractivity contribution in [3.63, 3.8) is 0 Å². The SMILES string of the molecule is Cc1ccc(S(=O)(=O)NCC(C)(O)c2ccsc2)cc1. The van der Waals surface area contributed by atoms with Crippen molar-refractivity contribution in [1.82, 2.24) is 4.72 Å². The molecule has 20 heavy (non-hydrogen) atoms. The van der Waals surface area contributed by atoms with E-state index >= 15 is 0 Å². The van der Waals surface area contributed by atoms with Crippen LogP contribution in [-0.2, 0) is 15.6 Å². The predicted octanol–water partition coefficient (Wildman–Crippen LogP) is 2.24. The molecule has 0 saturated carbocycles. The van der Waals surface area contributed by atoms with Gasteiger partial charge < -0.3 is 5.11 Å². The van der Waals surface area contributed by atoms with Crippen LogP contribution in [-0.4, -0.2) is 20.1 Å². The van der Waals surface area contributed by atoms with E-state index in [1.807, 2.05) is 12.3 Å². The van der Waals surface area contributed by atoms with E-state index in [1.54, 1.807) is 42.6 Å². The number of thiophene rings is 1. The molecule has 2 N–H and O–H groups in total. The van der Waals surface area contributed by atoms with E-state index in [-0.39, 0.29) is 11.4 Å². The summed E-state index contributed by atoms with van der Waals surface area (Å²) in [5.41, 5.74) is 0.473. The first-order chi connectivity index (χ1) is 9.31. The van der Waals surface area contributed by atoms with E-state index in [0.29, 0.717) is 5.56 Å². The zero-order chi connectivity index (χ0) is 14.8. The van der Waals surface area contributed by atoms with Gasteiger partial charge in [0.05, 0.1) is 4.90 Å². The van der Waals surface area contributed by atoms with Crippen molar-refractivity contribution < 1.29 is 13.5 Å². The summed E-state index contributed by atoms with van der Waals surface area (Å²) < 4.78 is 26.7. The maximum absolute atomic E-state index is 12.1. The van der Waals surface area contributed by atoms with Crippen molar-refractivity contribution in [2.24, 2.45) is 0 Å². The molecule has 2 aromatic rings. The third-order valence-electron chi connectivity index (χ3n) is 3.08. The van der Waals surface area contributed by atoms with Crippen LogP contribution in [0.1, 0.15) is 18.1 Å². The number of aryl methyl sites for hydroxylation is 1. The Balaban J connectivity index is 2.12. The number of hydrogen-bond donors (Lipinski definition) is 2. The molecule has 4 nitrogen and oxygen atoms in total. The Bertz CT molecular complexity index is 659. The molecule has 6 heteroatoms. The first kappa shape index (κ1) is 15.2. The summed E-state index contributed by atoms with van der Waals surface area (Å²) in [6, 6.07) is 8.37. The van der Waals surface area contributed by atoms with E-state index < -0.39 is 15.6 Å². The van der Waals surface area contributed by atoms with Crippen LogP contribution >= 0.6 is 11.3 Å². The Morgan fingerprint density at radius 3 is 2.45 bits per heavy atom. The fourth-order valence-electron chi connectivity index (χ4n) is 1.71. The Morgan fingerprint density at radius 1 is 1.25 bits per heavy atom. The minimum absolute atomic E-state index is 0.0695. The van der Waals surface area contributed by atoms with Crippen molar-refractivity contribution in [3.8, 4) is 0 Å². The minimum atomic E-state index is -3.61. The van der Waals surface area contributed by atoms with E-state index in [2.05, 4.69) is 4.72 Å². The molecule has 0 amide bonds. The highest BCUT2D eigenvalue weighted by Gasteiger charge is 2.26. The average Bonchev–Trinajstić information content (AvgIpc) is 2.92. The van der Waals surface area contributed by atoms with Crippen LogP contribution in [0.15, 0.2) is 46.0 Å². The topological polar surface area (TPSA) is 66.4 Å². The molecule has 0 fully saturated rings. The molecule has 1 aromatic heterocycles. The average molecular weight is 311 g/mol. The van der Waals surface area contributed by atoms with Crippen LogP contribution in [0, 0.1) is 6.92 Å². The second-order valence-corrected chi connectivity index (χ2v) is 7.47. The quantitative estimate of drug-likeness (QED) is 0.890. The number of nitrogens with one attached hydrogen (secondary N) is 1. The highest BCUT2D eigenvalue weighted by atomic mass is 32.2. The summed E-state index contributed by atoms with van der Waals surface area (Å²) in [5.74, 6) is 0. The van der Waals surface area contributed by atoms with Gasteiger partial charge in [0.1, 0.15) is 5.60 Å². The maximum Gasteiger partial charge on any atom is 0.240 e. The molecular formula is C14H17NO3S2. The lowest BCUT2D eigenvalue weighted by atomic mass is 10.0. The van der Waals surface area contributed by atoms with E-state index in [0.717, 1.165) is 5.56 Å². The molecular weight excluding hydrogens is 294 g/mol. The van der Waals surface area contributed by atoms with Crippen molar-refractivity contribution in [2.45, 2.75) is 24.3 Å². The second kappa shape index (κ2) is 5.65. The monoisotopic (exact) mass is 311 g/mol. The first-order valence-corrected chi connectivity index (χ1v) is 8.55. The van der Waals surface area contributed by atoms with Crippen LogP contribution in [0.4, 0.5) is 0 Å². The molecule has 2 rings (SSSR count). The minimum Gasteiger partial charge on any atom is -0.384 e. The van der Waals surface area contributed by atoms with Crippen LogP contribution in [0.5, 0.6) is 0 Å². The van der Waals surface area contributed by atoms with Crippen LogP contribution < -0.4 is 4.72 Å². The third-order valence-corrected chi connectivity index (χ3v) is 5.18. The molecule has 0 aliphatic carbocycles.